The SMILES string of the molecule is CC(Cc1noc(=O)o1)N1C(=O)c2ccccc2C1=O. The van der Waals surface area contributed by atoms with E-state index in [1.165, 1.54) is 0 Å². The number of carbonyl (C=O) groups excluding carboxylic acids is 2. The van der Waals surface area contributed by atoms with Crippen molar-refractivity contribution in [2.45, 2.75) is 19.4 Å². The van der Waals surface area contributed by atoms with Crippen LogP contribution in [0.3, 0.4) is 0 Å². The van der Waals surface area contributed by atoms with Gasteiger partial charge in [-0.15, -0.1) is 0 Å². The van der Waals surface area contributed by atoms with Crippen LogP contribution in [0.25, 0.3) is 0 Å². The lowest BCUT2D eigenvalue weighted by atomic mass is 10.1. The highest BCUT2D eigenvalue weighted by Crippen LogP contribution is 2.25. The highest BCUT2D eigenvalue weighted by molar-refractivity contribution is 6.21. The predicted molar refractivity (Wildman–Crippen MR) is 65.1 cm³/mol. The fourth-order valence-corrected chi connectivity index (χ4v) is 2.25. The first-order chi connectivity index (χ1) is 9.58. The Kier molecular flexibility index (Phi) is 2.74. The Morgan fingerprint density at radius 2 is 1.75 bits per heavy atom. The number of aromatic nitrogens is 1. The van der Waals surface area contributed by atoms with Crippen molar-refractivity contribution >= 4 is 11.8 Å². The van der Waals surface area contributed by atoms with Gasteiger partial charge in [0.15, 0.2) is 0 Å². The second-order valence-electron chi connectivity index (χ2n) is 4.51. The maximum absolute atomic E-state index is 12.2. The highest BCUT2D eigenvalue weighted by atomic mass is 16.6. The maximum atomic E-state index is 12.2. The fourth-order valence-electron chi connectivity index (χ4n) is 2.25. The predicted octanol–water partition coefficient (Wildman–Crippen LogP) is 0.855. The molecule has 0 saturated carbocycles. The van der Waals surface area contributed by atoms with Crippen LogP contribution in [0.5, 0.6) is 0 Å². The third kappa shape index (κ3) is 1.83. The van der Waals surface area contributed by atoms with Crippen LogP contribution in [0.4, 0.5) is 0 Å². The number of nitrogens with zero attached hydrogens (tertiary/aromatic N) is 2. The molecule has 2 heterocycles. The van der Waals surface area contributed by atoms with E-state index in [2.05, 4.69) is 14.1 Å². The average molecular weight is 274 g/mol. The van der Waals surface area contributed by atoms with Gasteiger partial charge in [0.2, 0.25) is 5.89 Å². The van der Waals surface area contributed by atoms with Crippen molar-refractivity contribution in [3.63, 3.8) is 0 Å². The van der Waals surface area contributed by atoms with E-state index in [9.17, 15) is 14.4 Å². The van der Waals surface area contributed by atoms with Crippen LogP contribution >= 0.6 is 0 Å². The number of benzene rings is 1. The summed E-state index contributed by atoms with van der Waals surface area (Å²) in [7, 11) is 0. The maximum Gasteiger partial charge on any atom is 0.542 e. The van der Waals surface area contributed by atoms with Crippen LogP contribution in [0.15, 0.2) is 38.0 Å². The van der Waals surface area contributed by atoms with Crippen LogP contribution in [-0.4, -0.2) is 27.9 Å². The zero-order valence-corrected chi connectivity index (χ0v) is 10.5. The summed E-state index contributed by atoms with van der Waals surface area (Å²) in [6.07, 6.45) is 0.122. The van der Waals surface area contributed by atoms with Crippen LogP contribution in [0, 0.1) is 0 Å². The first-order valence-electron chi connectivity index (χ1n) is 6.00. The van der Waals surface area contributed by atoms with Gasteiger partial charge < -0.3 is 4.42 Å². The van der Waals surface area contributed by atoms with Gasteiger partial charge in [-0.25, -0.2) is 4.79 Å². The summed E-state index contributed by atoms with van der Waals surface area (Å²) in [5, 5.41) is 3.42. The Bertz CT molecular complexity index is 710. The van der Waals surface area contributed by atoms with Gasteiger partial charge in [-0.3, -0.25) is 19.0 Å². The van der Waals surface area contributed by atoms with Crippen molar-refractivity contribution in [1.82, 2.24) is 10.1 Å². The molecule has 2 aromatic rings. The van der Waals surface area contributed by atoms with Gasteiger partial charge in [0, 0.05) is 12.5 Å². The lowest BCUT2D eigenvalue weighted by Crippen LogP contribution is -2.39. The zero-order valence-electron chi connectivity index (χ0n) is 10.5. The molecule has 20 heavy (non-hydrogen) atoms. The van der Waals surface area contributed by atoms with Crippen molar-refractivity contribution in [3.05, 3.63) is 51.9 Å². The van der Waals surface area contributed by atoms with Gasteiger partial charge in [0.25, 0.3) is 11.8 Å². The van der Waals surface area contributed by atoms with Crippen LogP contribution < -0.4 is 5.82 Å². The second kappa shape index (κ2) is 4.44. The Balaban J connectivity index is 1.87. The molecule has 2 amide bonds. The first-order valence-corrected chi connectivity index (χ1v) is 6.00. The van der Waals surface area contributed by atoms with E-state index in [4.69, 9.17) is 0 Å². The van der Waals surface area contributed by atoms with Crippen LogP contribution in [0.2, 0.25) is 0 Å². The van der Waals surface area contributed by atoms with Crippen molar-refractivity contribution in [2.75, 3.05) is 0 Å². The van der Waals surface area contributed by atoms with E-state index >= 15 is 0 Å². The van der Waals surface area contributed by atoms with Crippen LogP contribution in [0.1, 0.15) is 33.5 Å². The monoisotopic (exact) mass is 274 g/mol. The molecule has 0 spiro atoms. The minimum absolute atomic E-state index is 0.0547. The molecule has 0 radical (unpaired) electrons. The summed E-state index contributed by atoms with van der Waals surface area (Å²) in [6.45, 7) is 1.68. The summed E-state index contributed by atoms with van der Waals surface area (Å²) < 4.78 is 8.96. The number of fused-ring (bicyclic) bond motifs is 1. The van der Waals surface area contributed by atoms with E-state index in [1.54, 1.807) is 31.2 Å². The second-order valence-corrected chi connectivity index (χ2v) is 4.51. The van der Waals surface area contributed by atoms with Gasteiger partial charge in [-0.05, 0) is 24.2 Å². The molecule has 0 N–H and O–H groups in total. The first kappa shape index (κ1) is 12.3. The Morgan fingerprint density at radius 3 is 2.25 bits per heavy atom. The number of carbonyl (C=O) groups is 2. The molecule has 1 atom stereocenters. The quantitative estimate of drug-likeness (QED) is 0.770. The summed E-state index contributed by atoms with van der Waals surface area (Å²) in [4.78, 5) is 36.3. The molecular formula is C13H10N2O5. The number of hydrogen-bond acceptors (Lipinski definition) is 6. The number of amides is 2. The van der Waals surface area contributed by atoms with E-state index in [-0.39, 0.29) is 24.1 Å². The molecule has 102 valence electrons. The van der Waals surface area contributed by atoms with E-state index < -0.39 is 11.9 Å². The molecule has 3 rings (SSSR count). The van der Waals surface area contributed by atoms with Gasteiger partial charge >= 0.3 is 5.82 Å². The average Bonchev–Trinajstić information content (AvgIpc) is 2.93. The topological polar surface area (TPSA) is 93.6 Å². The molecule has 0 bridgehead atoms. The Morgan fingerprint density at radius 1 is 1.15 bits per heavy atom. The van der Waals surface area contributed by atoms with Crippen molar-refractivity contribution in [3.8, 4) is 0 Å². The number of rotatable bonds is 3. The lowest BCUT2D eigenvalue weighted by molar-refractivity contribution is 0.0592. The summed E-state index contributed by atoms with van der Waals surface area (Å²) in [5.74, 6) is -1.57. The number of imide groups is 1. The molecule has 7 heteroatoms. The molecule has 1 aromatic carbocycles. The minimum atomic E-state index is -0.908. The molecule has 1 aliphatic rings. The summed E-state index contributed by atoms with van der Waals surface area (Å²) in [5.41, 5.74) is 0.761. The van der Waals surface area contributed by atoms with Gasteiger partial charge in [0.1, 0.15) is 0 Å². The van der Waals surface area contributed by atoms with Gasteiger partial charge in [0.05, 0.1) is 11.1 Å². The molecular weight excluding hydrogens is 264 g/mol. The number of hydrogen-bond donors (Lipinski definition) is 0. The van der Waals surface area contributed by atoms with Crippen LogP contribution in [-0.2, 0) is 6.42 Å². The zero-order chi connectivity index (χ0) is 14.3. The van der Waals surface area contributed by atoms with Crippen molar-refractivity contribution in [2.24, 2.45) is 0 Å². The Hall–Kier alpha value is -2.70. The van der Waals surface area contributed by atoms with Gasteiger partial charge in [-0.1, -0.05) is 12.1 Å². The molecule has 1 aromatic heterocycles. The molecule has 1 aliphatic heterocycles. The smallest absolute Gasteiger partial charge is 0.375 e. The summed E-state index contributed by atoms with van der Waals surface area (Å²) >= 11 is 0. The molecule has 0 saturated heterocycles. The molecule has 0 aliphatic carbocycles. The van der Waals surface area contributed by atoms with E-state index in [0.717, 1.165) is 4.90 Å². The lowest BCUT2D eigenvalue weighted by Gasteiger charge is -2.20. The van der Waals surface area contributed by atoms with E-state index in [1.807, 2.05) is 0 Å². The minimum Gasteiger partial charge on any atom is -0.375 e. The Labute approximate surface area is 112 Å². The molecule has 7 nitrogen and oxygen atoms in total. The summed E-state index contributed by atoms with van der Waals surface area (Å²) in [6, 6.07) is 6.14. The van der Waals surface area contributed by atoms with Crippen molar-refractivity contribution in [1.29, 1.82) is 0 Å². The third-order valence-electron chi connectivity index (χ3n) is 3.16. The normalized spacial score (nSPS) is 15.6. The van der Waals surface area contributed by atoms with Gasteiger partial charge in [-0.2, -0.15) is 0 Å². The fraction of sp³-hybridized carbons (Fsp3) is 0.231. The van der Waals surface area contributed by atoms with E-state index in [0.29, 0.717) is 11.1 Å². The molecule has 1 unspecified atom stereocenters. The van der Waals surface area contributed by atoms with Crippen molar-refractivity contribution < 1.29 is 18.5 Å². The standard InChI is InChI=1S/C13H10N2O5/c1-7(6-10-14-20-13(18)19-10)15-11(16)8-4-2-3-5-9(8)12(15)17/h2-5,7H,6H2,1H3. The highest BCUT2D eigenvalue weighted by Gasteiger charge is 2.38. The molecule has 0 fully saturated rings. The largest absolute Gasteiger partial charge is 0.542 e. The third-order valence-corrected chi connectivity index (χ3v) is 3.16.